The molecule has 3 amide bonds. The number of amidine groups is 1. The van der Waals surface area contributed by atoms with Gasteiger partial charge in [0.2, 0.25) is 5.91 Å². The van der Waals surface area contributed by atoms with Crippen molar-refractivity contribution < 1.29 is 14.4 Å². The zero-order chi connectivity index (χ0) is 17.3. The first-order valence-electron chi connectivity index (χ1n) is 7.65. The lowest BCUT2D eigenvalue weighted by molar-refractivity contribution is -0.144. The van der Waals surface area contributed by atoms with Gasteiger partial charge in [-0.15, -0.1) is 0 Å². The van der Waals surface area contributed by atoms with E-state index in [0.29, 0.717) is 0 Å². The molecule has 0 radical (unpaired) electrons. The summed E-state index contributed by atoms with van der Waals surface area (Å²) >= 11 is 0. The highest BCUT2D eigenvalue weighted by Crippen LogP contribution is 2.21. The minimum absolute atomic E-state index is 0.255. The van der Waals surface area contributed by atoms with E-state index in [1.807, 2.05) is 37.3 Å². The van der Waals surface area contributed by atoms with E-state index in [-0.39, 0.29) is 11.9 Å². The molecule has 24 heavy (non-hydrogen) atoms. The Morgan fingerprint density at radius 1 is 1.25 bits per heavy atom. The lowest BCUT2D eigenvalue weighted by Gasteiger charge is -2.29. The van der Waals surface area contributed by atoms with Crippen LogP contribution in [0.1, 0.15) is 25.5 Å². The summed E-state index contributed by atoms with van der Waals surface area (Å²) in [5.74, 6) is -3.14. The Bertz CT molecular complexity index is 793. The van der Waals surface area contributed by atoms with Crippen molar-refractivity contribution in [1.82, 2.24) is 10.2 Å². The summed E-state index contributed by atoms with van der Waals surface area (Å²) in [5, 5.41) is 2.71. The molecule has 0 spiro atoms. The molecule has 3 rings (SSSR count). The number of allylic oxidation sites excluding steroid dienone is 2. The molecule has 6 nitrogen and oxygen atoms in total. The summed E-state index contributed by atoms with van der Waals surface area (Å²) in [5.41, 5.74) is 1.77. The molecule has 122 valence electrons. The number of aliphatic imine (C=N–C) groups is 1. The standard InChI is InChI=1S/C18H17N3O3/c1-11-8-9-21-14(10-11)20-17(23)15(18(21)24)16(22)19-12(2)13-6-4-3-5-7-13/h3-10,12,15H,1-2H3,(H,19,22). The van der Waals surface area contributed by atoms with Crippen LogP contribution in [0.4, 0.5) is 0 Å². The molecule has 2 aliphatic rings. The minimum Gasteiger partial charge on any atom is -0.348 e. The SMILES string of the molecule is CC1=CC2=NC(=O)C(C(=O)NC(C)c3ccccc3)C(=O)N2C=C1. The molecule has 2 aliphatic heterocycles. The van der Waals surface area contributed by atoms with Crippen molar-refractivity contribution >= 4 is 23.6 Å². The number of carbonyl (C=O) groups excluding carboxylic acids is 3. The summed E-state index contributed by atoms with van der Waals surface area (Å²) in [6.07, 6.45) is 4.90. The van der Waals surface area contributed by atoms with Crippen molar-refractivity contribution in [2.75, 3.05) is 0 Å². The maximum Gasteiger partial charge on any atom is 0.269 e. The highest BCUT2D eigenvalue weighted by molar-refractivity contribution is 6.28. The van der Waals surface area contributed by atoms with Crippen LogP contribution < -0.4 is 5.32 Å². The lowest BCUT2D eigenvalue weighted by atomic mass is 10.0. The Kier molecular flexibility index (Phi) is 4.12. The van der Waals surface area contributed by atoms with Crippen molar-refractivity contribution in [3.63, 3.8) is 0 Å². The second-order valence-electron chi connectivity index (χ2n) is 5.79. The molecule has 6 heteroatoms. The maximum atomic E-state index is 12.5. The number of amides is 3. The van der Waals surface area contributed by atoms with E-state index in [9.17, 15) is 14.4 Å². The van der Waals surface area contributed by atoms with E-state index in [2.05, 4.69) is 10.3 Å². The first-order chi connectivity index (χ1) is 11.5. The van der Waals surface area contributed by atoms with Crippen LogP contribution >= 0.6 is 0 Å². The van der Waals surface area contributed by atoms with Crippen molar-refractivity contribution in [2.45, 2.75) is 19.9 Å². The fraction of sp³-hybridized carbons (Fsp3) is 0.222. The van der Waals surface area contributed by atoms with Gasteiger partial charge in [-0.3, -0.25) is 19.3 Å². The largest absolute Gasteiger partial charge is 0.348 e. The van der Waals surface area contributed by atoms with Crippen molar-refractivity contribution in [2.24, 2.45) is 10.9 Å². The summed E-state index contributed by atoms with van der Waals surface area (Å²) in [7, 11) is 0. The average Bonchev–Trinajstić information content (AvgIpc) is 2.55. The first-order valence-corrected chi connectivity index (χ1v) is 7.65. The molecule has 1 aromatic rings. The van der Waals surface area contributed by atoms with Crippen LogP contribution in [-0.2, 0) is 14.4 Å². The van der Waals surface area contributed by atoms with Gasteiger partial charge in [-0.25, -0.2) is 0 Å². The maximum absolute atomic E-state index is 12.5. The number of hydrogen-bond acceptors (Lipinski definition) is 3. The zero-order valence-corrected chi connectivity index (χ0v) is 13.4. The van der Waals surface area contributed by atoms with Crippen LogP contribution in [0.5, 0.6) is 0 Å². The molecule has 1 aromatic carbocycles. The Balaban J connectivity index is 1.80. The van der Waals surface area contributed by atoms with Gasteiger partial charge in [0.05, 0.1) is 6.04 Å². The quantitative estimate of drug-likeness (QED) is 0.860. The molecular weight excluding hydrogens is 306 g/mol. The molecule has 2 heterocycles. The monoisotopic (exact) mass is 323 g/mol. The fourth-order valence-corrected chi connectivity index (χ4v) is 2.63. The topological polar surface area (TPSA) is 78.8 Å². The molecule has 0 saturated heterocycles. The number of carbonyl (C=O) groups is 3. The number of nitrogens with zero attached hydrogens (tertiary/aromatic N) is 2. The van der Waals surface area contributed by atoms with E-state index < -0.39 is 23.6 Å². The summed E-state index contributed by atoms with van der Waals surface area (Å²) in [6.45, 7) is 3.64. The van der Waals surface area contributed by atoms with E-state index in [4.69, 9.17) is 0 Å². The van der Waals surface area contributed by atoms with Crippen LogP contribution in [0, 0.1) is 5.92 Å². The molecule has 2 atom stereocenters. The third kappa shape index (κ3) is 2.90. The van der Waals surface area contributed by atoms with E-state index in [1.165, 1.54) is 11.1 Å². The zero-order valence-electron chi connectivity index (χ0n) is 13.4. The predicted octanol–water partition coefficient (Wildman–Crippen LogP) is 1.72. The Labute approximate surface area is 139 Å². The van der Waals surface area contributed by atoms with Gasteiger partial charge in [0.15, 0.2) is 5.92 Å². The van der Waals surface area contributed by atoms with Crippen LogP contribution in [0.15, 0.2) is 59.2 Å². The first kappa shape index (κ1) is 15.9. The van der Waals surface area contributed by atoms with Gasteiger partial charge in [0.1, 0.15) is 5.84 Å². The smallest absolute Gasteiger partial charge is 0.269 e. The van der Waals surface area contributed by atoms with Crippen LogP contribution in [0.3, 0.4) is 0 Å². The molecule has 0 saturated carbocycles. The fourth-order valence-electron chi connectivity index (χ4n) is 2.63. The van der Waals surface area contributed by atoms with E-state index in [0.717, 1.165) is 11.1 Å². The van der Waals surface area contributed by atoms with Crippen LogP contribution in [-0.4, -0.2) is 28.5 Å². The second-order valence-corrected chi connectivity index (χ2v) is 5.79. The molecule has 0 bridgehead atoms. The second kappa shape index (κ2) is 6.23. The highest BCUT2D eigenvalue weighted by Gasteiger charge is 2.42. The van der Waals surface area contributed by atoms with Gasteiger partial charge < -0.3 is 5.32 Å². The Morgan fingerprint density at radius 2 is 1.96 bits per heavy atom. The number of benzene rings is 1. The van der Waals surface area contributed by atoms with E-state index in [1.54, 1.807) is 19.1 Å². The van der Waals surface area contributed by atoms with Gasteiger partial charge in [-0.2, -0.15) is 4.99 Å². The summed E-state index contributed by atoms with van der Waals surface area (Å²) in [4.78, 5) is 42.3. The van der Waals surface area contributed by atoms with Gasteiger partial charge in [-0.05, 0) is 37.1 Å². The van der Waals surface area contributed by atoms with Gasteiger partial charge in [0, 0.05) is 6.20 Å². The molecular formula is C18H17N3O3. The third-order valence-corrected chi connectivity index (χ3v) is 3.97. The highest BCUT2D eigenvalue weighted by atomic mass is 16.2. The van der Waals surface area contributed by atoms with Crippen molar-refractivity contribution in [1.29, 1.82) is 0 Å². The number of rotatable bonds is 3. The minimum atomic E-state index is -1.45. The molecule has 0 aromatic heterocycles. The van der Waals surface area contributed by atoms with Gasteiger partial charge >= 0.3 is 0 Å². The predicted molar refractivity (Wildman–Crippen MR) is 88.7 cm³/mol. The molecule has 1 N–H and O–H groups in total. The Morgan fingerprint density at radius 3 is 2.67 bits per heavy atom. The van der Waals surface area contributed by atoms with Crippen LogP contribution in [0.2, 0.25) is 0 Å². The summed E-state index contributed by atoms with van der Waals surface area (Å²) < 4.78 is 0. The van der Waals surface area contributed by atoms with E-state index >= 15 is 0 Å². The number of hydrogen-bond donors (Lipinski definition) is 1. The van der Waals surface area contributed by atoms with Gasteiger partial charge in [-0.1, -0.05) is 30.3 Å². The lowest BCUT2D eigenvalue weighted by Crippen LogP contribution is -2.51. The molecule has 2 unspecified atom stereocenters. The van der Waals surface area contributed by atoms with Crippen molar-refractivity contribution in [3.05, 3.63) is 59.8 Å². The number of nitrogens with one attached hydrogen (secondary N) is 1. The molecule has 0 fully saturated rings. The molecule has 0 aliphatic carbocycles. The summed E-state index contributed by atoms with van der Waals surface area (Å²) in [6, 6.07) is 9.01. The van der Waals surface area contributed by atoms with Crippen LogP contribution in [0.25, 0.3) is 0 Å². The third-order valence-electron chi connectivity index (χ3n) is 3.97. The number of fused-ring (bicyclic) bond motifs is 1. The Hall–Kier alpha value is -3.02. The van der Waals surface area contributed by atoms with Gasteiger partial charge in [0.25, 0.3) is 11.8 Å². The normalized spacial score (nSPS) is 20.9. The van der Waals surface area contributed by atoms with Crippen molar-refractivity contribution in [3.8, 4) is 0 Å². The average molecular weight is 323 g/mol.